The Balaban J connectivity index is 1.44. The summed E-state index contributed by atoms with van der Waals surface area (Å²) < 4.78 is 95.4. The Hall–Kier alpha value is -2.84. The van der Waals surface area contributed by atoms with Crippen molar-refractivity contribution in [3.63, 3.8) is 0 Å². The lowest BCUT2D eigenvalue weighted by Crippen LogP contribution is -2.27. The molecule has 8 heteroatoms. The summed E-state index contributed by atoms with van der Waals surface area (Å²) in [5, 5.41) is 0. The van der Waals surface area contributed by atoms with Gasteiger partial charge in [0.15, 0.2) is 35.4 Å². The fraction of sp³-hybridized carbons (Fsp3) is 0.333. The van der Waals surface area contributed by atoms with E-state index in [1.807, 2.05) is 0 Å². The number of ether oxygens (including phenoxy) is 2. The molecule has 1 fully saturated rings. The van der Waals surface area contributed by atoms with Crippen LogP contribution in [-0.4, -0.2) is 13.2 Å². The van der Waals surface area contributed by atoms with Gasteiger partial charge in [0.2, 0.25) is 0 Å². The van der Waals surface area contributed by atoms with Gasteiger partial charge in [-0.25, -0.2) is 26.3 Å². The lowest BCUT2D eigenvalue weighted by Gasteiger charge is -2.29. The van der Waals surface area contributed by atoms with Gasteiger partial charge in [0, 0.05) is 17.0 Å². The van der Waals surface area contributed by atoms with Crippen molar-refractivity contribution in [3.05, 3.63) is 94.1 Å². The SMILES string of the molecule is CCCC1COC(c2ccc(CCc3ccc(-c4cc(F)c(F)c(F)c4)c(F)c3)c(F)c2F)OC1. The minimum absolute atomic E-state index is 0.00430. The van der Waals surface area contributed by atoms with Gasteiger partial charge in [-0.15, -0.1) is 0 Å². The molecule has 35 heavy (non-hydrogen) atoms. The van der Waals surface area contributed by atoms with Crippen LogP contribution in [0.25, 0.3) is 11.1 Å². The van der Waals surface area contributed by atoms with Gasteiger partial charge in [0.25, 0.3) is 0 Å². The molecule has 1 aliphatic heterocycles. The van der Waals surface area contributed by atoms with Crippen LogP contribution in [0.1, 0.15) is 42.7 Å². The molecule has 2 nitrogen and oxygen atoms in total. The molecule has 0 spiro atoms. The maximum atomic E-state index is 14.7. The molecule has 3 aromatic rings. The summed E-state index contributed by atoms with van der Waals surface area (Å²) in [6.07, 6.45) is 1.23. The zero-order chi connectivity index (χ0) is 25.1. The Morgan fingerprint density at radius 3 is 2.06 bits per heavy atom. The monoisotopic (exact) mass is 494 g/mol. The third-order valence-corrected chi connectivity index (χ3v) is 6.12. The molecule has 0 aromatic heterocycles. The molecule has 1 saturated heterocycles. The number of halogens is 6. The Morgan fingerprint density at radius 1 is 0.743 bits per heavy atom. The summed E-state index contributed by atoms with van der Waals surface area (Å²) in [6.45, 7) is 2.89. The van der Waals surface area contributed by atoms with E-state index in [1.54, 1.807) is 0 Å². The highest BCUT2D eigenvalue weighted by Gasteiger charge is 2.27. The van der Waals surface area contributed by atoms with Crippen molar-refractivity contribution in [1.29, 1.82) is 0 Å². The molecule has 186 valence electrons. The number of benzene rings is 3. The van der Waals surface area contributed by atoms with Crippen LogP contribution < -0.4 is 0 Å². The van der Waals surface area contributed by atoms with Gasteiger partial charge in [-0.2, -0.15) is 0 Å². The number of rotatable bonds is 7. The maximum Gasteiger partial charge on any atom is 0.194 e. The second-order valence-corrected chi connectivity index (χ2v) is 8.66. The predicted molar refractivity (Wildman–Crippen MR) is 119 cm³/mol. The number of hydrogen-bond acceptors (Lipinski definition) is 2. The molecule has 4 rings (SSSR count). The first-order valence-corrected chi connectivity index (χ1v) is 11.4. The Labute approximate surface area is 199 Å². The highest BCUT2D eigenvalue weighted by Crippen LogP contribution is 2.31. The van der Waals surface area contributed by atoms with Crippen molar-refractivity contribution in [2.24, 2.45) is 5.92 Å². The minimum atomic E-state index is -1.63. The zero-order valence-electron chi connectivity index (χ0n) is 19.0. The largest absolute Gasteiger partial charge is 0.348 e. The zero-order valence-corrected chi connectivity index (χ0v) is 19.0. The van der Waals surface area contributed by atoms with E-state index < -0.39 is 41.2 Å². The third-order valence-electron chi connectivity index (χ3n) is 6.12. The Bertz CT molecular complexity index is 1180. The van der Waals surface area contributed by atoms with Crippen molar-refractivity contribution >= 4 is 0 Å². The molecule has 0 aliphatic carbocycles. The fourth-order valence-electron chi connectivity index (χ4n) is 4.22. The van der Waals surface area contributed by atoms with E-state index >= 15 is 0 Å². The van der Waals surface area contributed by atoms with Crippen molar-refractivity contribution in [3.8, 4) is 11.1 Å². The first-order valence-electron chi connectivity index (χ1n) is 11.4. The van der Waals surface area contributed by atoms with E-state index in [2.05, 4.69) is 6.92 Å². The molecule has 0 amide bonds. The van der Waals surface area contributed by atoms with Crippen LogP contribution in [0.3, 0.4) is 0 Å². The van der Waals surface area contributed by atoms with E-state index in [4.69, 9.17) is 9.47 Å². The van der Waals surface area contributed by atoms with Crippen LogP contribution in [-0.2, 0) is 22.3 Å². The van der Waals surface area contributed by atoms with Gasteiger partial charge in [-0.1, -0.05) is 37.6 Å². The van der Waals surface area contributed by atoms with Crippen molar-refractivity contribution in [2.75, 3.05) is 13.2 Å². The number of aryl methyl sites for hydroxylation is 2. The first kappa shape index (κ1) is 25.3. The van der Waals surface area contributed by atoms with Crippen LogP contribution in [0.2, 0.25) is 0 Å². The summed E-state index contributed by atoms with van der Waals surface area (Å²) in [5.41, 5.74) is 0.316. The maximum absolute atomic E-state index is 14.7. The molecular formula is C27H24F6O2. The van der Waals surface area contributed by atoms with Gasteiger partial charge in [-0.05, 0) is 54.2 Å². The normalized spacial score (nSPS) is 18.1. The quantitative estimate of drug-likeness (QED) is 0.251. The van der Waals surface area contributed by atoms with Crippen molar-refractivity contribution in [2.45, 2.75) is 38.9 Å². The summed E-state index contributed by atoms with van der Waals surface area (Å²) in [7, 11) is 0. The fourth-order valence-corrected chi connectivity index (χ4v) is 4.22. The third kappa shape index (κ3) is 5.54. The van der Waals surface area contributed by atoms with Crippen LogP contribution in [0.15, 0.2) is 42.5 Å². The molecule has 1 aliphatic rings. The number of hydrogen-bond donors (Lipinski definition) is 0. The summed E-state index contributed by atoms with van der Waals surface area (Å²) in [4.78, 5) is 0. The molecule has 0 bridgehead atoms. The average Bonchev–Trinajstić information content (AvgIpc) is 2.84. The van der Waals surface area contributed by atoms with Gasteiger partial charge in [-0.3, -0.25) is 0 Å². The molecule has 0 N–H and O–H groups in total. The molecule has 3 aromatic carbocycles. The van der Waals surface area contributed by atoms with E-state index in [0.717, 1.165) is 18.9 Å². The second-order valence-electron chi connectivity index (χ2n) is 8.66. The van der Waals surface area contributed by atoms with Crippen molar-refractivity contribution in [1.82, 2.24) is 0 Å². The smallest absolute Gasteiger partial charge is 0.194 e. The molecular weight excluding hydrogens is 470 g/mol. The van der Waals surface area contributed by atoms with Gasteiger partial charge < -0.3 is 9.47 Å². The molecule has 1 heterocycles. The van der Waals surface area contributed by atoms with Gasteiger partial charge >= 0.3 is 0 Å². The lowest BCUT2D eigenvalue weighted by molar-refractivity contribution is -0.207. The van der Waals surface area contributed by atoms with E-state index in [1.165, 1.54) is 24.3 Å². The highest BCUT2D eigenvalue weighted by atomic mass is 19.2. The van der Waals surface area contributed by atoms with Gasteiger partial charge in [0.05, 0.1) is 13.2 Å². The summed E-state index contributed by atoms with van der Waals surface area (Å²) >= 11 is 0. The molecule has 0 atom stereocenters. The second kappa shape index (κ2) is 10.8. The summed E-state index contributed by atoms with van der Waals surface area (Å²) in [6, 6.07) is 8.26. The van der Waals surface area contributed by atoms with Crippen LogP contribution >= 0.6 is 0 Å². The Kier molecular flexibility index (Phi) is 7.82. The molecule has 0 saturated carbocycles. The standard InChI is InChI=1S/C27H24F6O2/c1-2-3-16-13-34-27(35-14-16)20-9-7-17(24(31)25(20)32)6-4-15-5-8-19(21(28)10-15)18-11-22(29)26(33)23(30)12-18/h5,7-12,16,27H,2-4,6,13-14H2,1H3. The molecule has 0 unspecified atom stereocenters. The van der Waals surface area contributed by atoms with Crippen LogP contribution in [0.5, 0.6) is 0 Å². The lowest BCUT2D eigenvalue weighted by atomic mass is 9.98. The first-order chi connectivity index (χ1) is 16.8. The topological polar surface area (TPSA) is 18.5 Å². The minimum Gasteiger partial charge on any atom is -0.348 e. The van der Waals surface area contributed by atoms with Crippen LogP contribution in [0.4, 0.5) is 26.3 Å². The van der Waals surface area contributed by atoms with Crippen LogP contribution in [0, 0.1) is 40.8 Å². The van der Waals surface area contributed by atoms with Gasteiger partial charge in [0.1, 0.15) is 5.82 Å². The van der Waals surface area contributed by atoms with Crippen molar-refractivity contribution < 1.29 is 35.8 Å². The predicted octanol–water partition coefficient (Wildman–Crippen LogP) is 7.44. The van der Waals surface area contributed by atoms with E-state index in [-0.39, 0.29) is 41.0 Å². The van der Waals surface area contributed by atoms with E-state index in [0.29, 0.717) is 30.9 Å². The highest BCUT2D eigenvalue weighted by molar-refractivity contribution is 5.64. The molecule has 0 radical (unpaired) electrons. The average molecular weight is 494 g/mol. The summed E-state index contributed by atoms with van der Waals surface area (Å²) in [5.74, 6) is -7.07. The Morgan fingerprint density at radius 2 is 1.43 bits per heavy atom. The van der Waals surface area contributed by atoms with E-state index in [9.17, 15) is 26.3 Å².